The van der Waals surface area contributed by atoms with Crippen molar-refractivity contribution in [3.8, 4) is 0 Å². The van der Waals surface area contributed by atoms with Gasteiger partial charge in [-0.05, 0) is 22.4 Å². The smallest absolute Gasteiger partial charge is 0.305 e. The van der Waals surface area contributed by atoms with E-state index in [1.54, 1.807) is 11.4 Å². The van der Waals surface area contributed by atoms with Gasteiger partial charge in [-0.3, -0.25) is 10.1 Å². The third-order valence-corrected chi connectivity index (χ3v) is 3.60. The van der Waals surface area contributed by atoms with E-state index < -0.39 is 28.3 Å². The molecule has 0 saturated heterocycles. The summed E-state index contributed by atoms with van der Waals surface area (Å²) in [5.41, 5.74) is -0.0646. The minimum atomic E-state index is -1.21. The van der Waals surface area contributed by atoms with Crippen LogP contribution in [0.3, 0.4) is 0 Å². The Morgan fingerprint density at radius 1 is 1.38 bits per heavy atom. The predicted octanol–water partition coefficient (Wildman–Crippen LogP) is 2.76. The second-order valence-corrected chi connectivity index (χ2v) is 5.14. The van der Waals surface area contributed by atoms with E-state index >= 15 is 0 Å². The summed E-state index contributed by atoms with van der Waals surface area (Å²) in [5.74, 6) is -2.07. The second kappa shape index (κ2) is 6.70. The molecule has 5 nitrogen and oxygen atoms in total. The predicted molar refractivity (Wildman–Crippen MR) is 74.0 cm³/mol. The summed E-state index contributed by atoms with van der Waals surface area (Å²) in [5, 5.41) is 26.8. The van der Waals surface area contributed by atoms with Crippen LogP contribution in [0.2, 0.25) is 0 Å². The van der Waals surface area contributed by atoms with Gasteiger partial charge in [-0.2, -0.15) is 15.7 Å². The molecule has 0 fully saturated rings. The molecule has 0 bridgehead atoms. The Bertz CT molecular complexity index is 635. The molecule has 0 saturated carbocycles. The Morgan fingerprint density at radius 3 is 2.76 bits per heavy atom. The summed E-state index contributed by atoms with van der Waals surface area (Å²) in [6, 6.07) is 3.11. The number of nitro groups is 1. The van der Waals surface area contributed by atoms with Crippen LogP contribution in [0.15, 0.2) is 29.0 Å². The number of halogens is 2. The van der Waals surface area contributed by atoms with Gasteiger partial charge in [0.15, 0.2) is 0 Å². The number of benzene rings is 1. The van der Waals surface area contributed by atoms with Gasteiger partial charge in [-0.15, -0.1) is 0 Å². The number of thiophene rings is 1. The van der Waals surface area contributed by atoms with Gasteiger partial charge in [0.05, 0.1) is 11.0 Å². The minimum absolute atomic E-state index is 0.0272. The summed E-state index contributed by atoms with van der Waals surface area (Å²) >= 11 is 1.44. The van der Waals surface area contributed by atoms with Crippen LogP contribution in [0.5, 0.6) is 0 Å². The molecule has 2 N–H and O–H groups in total. The number of nitro benzene ring substituents is 1. The van der Waals surface area contributed by atoms with E-state index in [0.29, 0.717) is 6.07 Å². The molecular formula is C13H12F2N2O3S. The molecule has 0 radical (unpaired) electrons. The van der Waals surface area contributed by atoms with Gasteiger partial charge in [-0.1, -0.05) is 0 Å². The van der Waals surface area contributed by atoms with Crippen LogP contribution in [-0.2, 0) is 6.54 Å². The highest BCUT2D eigenvalue weighted by molar-refractivity contribution is 7.07. The third-order valence-electron chi connectivity index (χ3n) is 2.89. The summed E-state index contributed by atoms with van der Waals surface area (Å²) in [6.07, 6.45) is -0.755. The van der Waals surface area contributed by atoms with E-state index in [4.69, 9.17) is 0 Å². The zero-order valence-electron chi connectivity index (χ0n) is 10.8. The maximum atomic E-state index is 13.5. The van der Waals surface area contributed by atoms with Crippen LogP contribution in [0.4, 0.5) is 14.5 Å². The number of nitrogens with one attached hydrogen (secondary N) is 1. The molecule has 21 heavy (non-hydrogen) atoms. The molecule has 1 aromatic carbocycles. The lowest BCUT2D eigenvalue weighted by Crippen LogP contribution is -2.21. The van der Waals surface area contributed by atoms with Crippen molar-refractivity contribution in [1.82, 2.24) is 5.32 Å². The Balaban J connectivity index is 2.00. The summed E-state index contributed by atoms with van der Waals surface area (Å²) in [6.45, 7) is 0.107. The quantitative estimate of drug-likeness (QED) is 0.635. The largest absolute Gasteiger partial charge is 0.387 e. The topological polar surface area (TPSA) is 75.4 Å². The molecule has 0 aliphatic carbocycles. The van der Waals surface area contributed by atoms with Crippen molar-refractivity contribution in [3.63, 3.8) is 0 Å². The lowest BCUT2D eigenvalue weighted by Gasteiger charge is -2.11. The van der Waals surface area contributed by atoms with Crippen molar-refractivity contribution in [2.24, 2.45) is 0 Å². The van der Waals surface area contributed by atoms with Crippen LogP contribution in [0.1, 0.15) is 17.2 Å². The number of hydrogen-bond acceptors (Lipinski definition) is 5. The van der Waals surface area contributed by atoms with Gasteiger partial charge in [0.1, 0.15) is 5.82 Å². The minimum Gasteiger partial charge on any atom is -0.387 e. The van der Waals surface area contributed by atoms with Crippen molar-refractivity contribution in [2.45, 2.75) is 12.6 Å². The second-order valence-electron chi connectivity index (χ2n) is 4.36. The molecule has 2 rings (SSSR count). The lowest BCUT2D eigenvalue weighted by molar-refractivity contribution is -0.387. The molecule has 1 heterocycles. The van der Waals surface area contributed by atoms with Crippen LogP contribution in [0, 0.1) is 21.7 Å². The lowest BCUT2D eigenvalue weighted by atomic mass is 10.1. The molecule has 0 amide bonds. The van der Waals surface area contributed by atoms with Crippen LogP contribution < -0.4 is 5.32 Å². The first kappa shape index (κ1) is 15.5. The molecule has 112 valence electrons. The van der Waals surface area contributed by atoms with E-state index in [1.165, 1.54) is 11.3 Å². The zero-order chi connectivity index (χ0) is 15.4. The van der Waals surface area contributed by atoms with Crippen molar-refractivity contribution < 1.29 is 18.8 Å². The van der Waals surface area contributed by atoms with Crippen molar-refractivity contribution in [1.29, 1.82) is 0 Å². The summed E-state index contributed by atoms with van der Waals surface area (Å²) in [4.78, 5) is 9.70. The van der Waals surface area contributed by atoms with Crippen LogP contribution in [0.25, 0.3) is 0 Å². The van der Waals surface area contributed by atoms with Crippen molar-refractivity contribution in [2.75, 3.05) is 6.54 Å². The fraction of sp³-hybridized carbons (Fsp3) is 0.231. The van der Waals surface area contributed by atoms with E-state index in [0.717, 1.165) is 11.6 Å². The Morgan fingerprint density at radius 2 is 2.14 bits per heavy atom. The average molecular weight is 314 g/mol. The molecule has 1 unspecified atom stereocenters. The number of aliphatic hydroxyl groups excluding tert-OH is 1. The summed E-state index contributed by atoms with van der Waals surface area (Å²) < 4.78 is 26.7. The highest BCUT2D eigenvalue weighted by atomic mass is 32.1. The van der Waals surface area contributed by atoms with E-state index in [-0.39, 0.29) is 18.7 Å². The Hall–Kier alpha value is -1.90. The first-order chi connectivity index (χ1) is 9.99. The van der Waals surface area contributed by atoms with E-state index in [9.17, 15) is 24.0 Å². The number of nitrogens with zero attached hydrogens (tertiary/aromatic N) is 1. The maximum absolute atomic E-state index is 13.5. The van der Waals surface area contributed by atoms with Gasteiger partial charge in [0.25, 0.3) is 0 Å². The normalized spacial score (nSPS) is 12.3. The molecule has 1 aromatic heterocycles. The molecular weight excluding hydrogens is 302 g/mol. The van der Waals surface area contributed by atoms with Crippen LogP contribution in [-0.4, -0.2) is 16.6 Å². The zero-order valence-corrected chi connectivity index (χ0v) is 11.6. The maximum Gasteiger partial charge on any atom is 0.305 e. The number of aliphatic hydroxyl groups is 1. The van der Waals surface area contributed by atoms with Gasteiger partial charge in [0, 0.05) is 30.8 Å². The average Bonchev–Trinajstić information content (AvgIpc) is 2.94. The van der Waals surface area contributed by atoms with Crippen LogP contribution >= 0.6 is 11.3 Å². The molecule has 0 aliphatic heterocycles. The number of rotatable bonds is 6. The molecule has 2 aromatic rings. The fourth-order valence-corrected chi connectivity index (χ4v) is 2.49. The molecule has 8 heteroatoms. The van der Waals surface area contributed by atoms with E-state index in [1.807, 2.05) is 5.38 Å². The standard InChI is InChI=1S/C13H12F2N2O3S/c14-10-4-11(15)12(17(19)20)3-9(10)5-16-6-13(18)8-1-2-21-7-8/h1-4,7,13,16,18H,5-6H2. The van der Waals surface area contributed by atoms with Crippen molar-refractivity contribution in [3.05, 3.63) is 61.8 Å². The van der Waals surface area contributed by atoms with Gasteiger partial charge < -0.3 is 10.4 Å². The highest BCUT2D eigenvalue weighted by Gasteiger charge is 2.18. The third kappa shape index (κ3) is 3.81. The highest BCUT2D eigenvalue weighted by Crippen LogP contribution is 2.21. The first-order valence-corrected chi connectivity index (χ1v) is 6.96. The van der Waals surface area contributed by atoms with Gasteiger partial charge in [-0.25, -0.2) is 4.39 Å². The summed E-state index contributed by atoms with van der Waals surface area (Å²) in [7, 11) is 0. The molecule has 0 aliphatic rings. The SMILES string of the molecule is O=[N+]([O-])c1cc(CNCC(O)c2ccsc2)c(F)cc1F. The monoisotopic (exact) mass is 314 g/mol. The number of hydrogen-bond donors (Lipinski definition) is 2. The Kier molecular flexibility index (Phi) is 4.94. The fourth-order valence-electron chi connectivity index (χ4n) is 1.78. The Labute approximate surface area is 123 Å². The van der Waals surface area contributed by atoms with Gasteiger partial charge >= 0.3 is 5.69 Å². The first-order valence-electron chi connectivity index (χ1n) is 6.02. The van der Waals surface area contributed by atoms with Gasteiger partial charge in [0.2, 0.25) is 5.82 Å². The van der Waals surface area contributed by atoms with E-state index in [2.05, 4.69) is 5.32 Å². The molecule has 0 spiro atoms. The van der Waals surface area contributed by atoms with Crippen molar-refractivity contribution >= 4 is 17.0 Å². The molecule has 1 atom stereocenters.